The number of hydrogen-bond donors (Lipinski definition) is 2. The average Bonchev–Trinajstić information content (AvgIpc) is 3.23. The van der Waals surface area contributed by atoms with E-state index in [-0.39, 0.29) is 33.8 Å². The smallest absolute Gasteiger partial charge is 0.261 e. The van der Waals surface area contributed by atoms with Gasteiger partial charge < -0.3 is 5.32 Å². The van der Waals surface area contributed by atoms with Gasteiger partial charge in [0, 0.05) is 22.5 Å². The maximum absolute atomic E-state index is 15.0. The van der Waals surface area contributed by atoms with Gasteiger partial charge >= 0.3 is 0 Å². The number of hydrogen-bond acceptors (Lipinski definition) is 4. The summed E-state index contributed by atoms with van der Waals surface area (Å²) in [5.41, 5.74) is 3.73. The lowest BCUT2D eigenvalue weighted by atomic mass is 9.90. The van der Waals surface area contributed by atoms with Crippen LogP contribution in [0.25, 0.3) is 0 Å². The van der Waals surface area contributed by atoms with E-state index in [9.17, 15) is 12.8 Å². The molecule has 1 aliphatic carbocycles. The summed E-state index contributed by atoms with van der Waals surface area (Å²) in [4.78, 5) is 3.91. The predicted octanol–water partition coefficient (Wildman–Crippen LogP) is 3.03. The molecule has 0 saturated carbocycles. The number of fused-ring (bicyclic) bond motifs is 1. The van der Waals surface area contributed by atoms with Crippen LogP contribution < -0.4 is 10.5 Å². The van der Waals surface area contributed by atoms with Gasteiger partial charge in [0.1, 0.15) is 18.6 Å². The molecule has 1 heterocycles. The van der Waals surface area contributed by atoms with Gasteiger partial charge in [0.2, 0.25) is 5.03 Å². The Morgan fingerprint density at radius 1 is 1.32 bits per heavy atom. The van der Waals surface area contributed by atoms with Crippen molar-refractivity contribution in [1.82, 2.24) is 5.32 Å². The van der Waals surface area contributed by atoms with E-state index in [0.29, 0.717) is 10.6 Å². The van der Waals surface area contributed by atoms with E-state index in [1.165, 1.54) is 12.5 Å². The van der Waals surface area contributed by atoms with Crippen molar-refractivity contribution in [3.05, 3.63) is 80.7 Å². The summed E-state index contributed by atoms with van der Waals surface area (Å²) in [6.45, 7) is 0.232. The summed E-state index contributed by atoms with van der Waals surface area (Å²) in [5.74, 6) is -0.131. The molecule has 0 amide bonds. The third-order valence-corrected chi connectivity index (χ3v) is 7.03. The van der Waals surface area contributed by atoms with E-state index in [0.717, 1.165) is 29.5 Å². The van der Waals surface area contributed by atoms with Crippen molar-refractivity contribution < 1.29 is 17.3 Å². The number of halogens is 2. The molecule has 0 spiro atoms. The summed E-state index contributed by atoms with van der Waals surface area (Å²) in [7, 11) is -0.228. The van der Waals surface area contributed by atoms with Crippen molar-refractivity contribution in [2.24, 2.45) is 10.1 Å². The zero-order chi connectivity index (χ0) is 22.4. The third-order valence-electron chi connectivity index (χ3n) is 6.01. The quantitative estimate of drug-likeness (QED) is 0.646. The summed E-state index contributed by atoms with van der Waals surface area (Å²) < 4.78 is 38.2. The predicted molar refractivity (Wildman–Crippen MR) is 120 cm³/mol. The van der Waals surface area contributed by atoms with Gasteiger partial charge in [-0.15, -0.1) is 0 Å². The Hall–Kier alpha value is -2.10. The molecule has 3 atom stereocenters. The Morgan fingerprint density at radius 2 is 2.10 bits per heavy atom. The van der Waals surface area contributed by atoms with E-state index in [4.69, 9.17) is 16.7 Å². The fourth-order valence-corrected chi connectivity index (χ4v) is 5.29. The van der Waals surface area contributed by atoms with E-state index >= 15 is 0 Å². The van der Waals surface area contributed by atoms with Gasteiger partial charge in [-0.05, 0) is 60.8 Å². The maximum atomic E-state index is 15.0. The average molecular weight is 464 g/mol. The minimum absolute atomic E-state index is 0.0237. The zero-order valence-corrected chi connectivity index (χ0v) is 18.9. The first-order valence-corrected chi connectivity index (χ1v) is 11.9. The van der Waals surface area contributed by atoms with Crippen molar-refractivity contribution in [2.75, 3.05) is 14.1 Å². The van der Waals surface area contributed by atoms with E-state index in [1.807, 2.05) is 37.4 Å². The molecule has 164 valence electrons. The molecule has 3 N–H and O–H groups in total. The molecule has 1 aliphatic heterocycles. The number of nitrogens with two attached hydrogens (primary N) is 1. The number of quaternary nitrogens is 1. The van der Waals surface area contributed by atoms with Crippen LogP contribution in [0.2, 0.25) is 5.02 Å². The largest absolute Gasteiger partial charge is 0.316 e. The van der Waals surface area contributed by atoms with E-state index in [2.05, 4.69) is 10.3 Å². The lowest BCUT2D eigenvalue weighted by molar-refractivity contribution is -0.771. The Kier molecular flexibility index (Phi) is 5.78. The summed E-state index contributed by atoms with van der Waals surface area (Å²) in [5, 5.41) is 9.04. The molecule has 0 saturated heterocycles. The Morgan fingerprint density at radius 3 is 2.74 bits per heavy atom. The molecule has 3 unspecified atom stereocenters. The van der Waals surface area contributed by atoms with Crippen LogP contribution in [0, 0.1) is 5.82 Å². The van der Waals surface area contributed by atoms with Crippen molar-refractivity contribution in [1.29, 1.82) is 0 Å². The lowest BCUT2D eigenvalue weighted by Crippen LogP contribution is -2.34. The van der Waals surface area contributed by atoms with Crippen LogP contribution in [0.5, 0.6) is 0 Å². The molecular formula is C22H25ClFN4O2S+. The van der Waals surface area contributed by atoms with Crippen LogP contribution in [0.1, 0.15) is 28.2 Å². The van der Waals surface area contributed by atoms with Crippen molar-refractivity contribution in [2.45, 2.75) is 31.3 Å². The molecule has 2 aromatic rings. The number of aliphatic imine (C=N–C) groups is 1. The fraction of sp³-hybridized carbons (Fsp3) is 0.318. The normalized spacial score (nSPS) is 25.0. The zero-order valence-electron chi connectivity index (χ0n) is 17.3. The molecule has 0 fully saturated rings. The molecule has 0 aromatic heterocycles. The first kappa shape index (κ1) is 22.1. The molecule has 0 bridgehead atoms. The molecule has 2 aliphatic rings. The second-order valence-electron chi connectivity index (χ2n) is 8.44. The highest BCUT2D eigenvalue weighted by atomic mass is 35.5. The van der Waals surface area contributed by atoms with Gasteiger partial charge in [-0.3, -0.25) is 4.48 Å². The summed E-state index contributed by atoms with van der Waals surface area (Å²) in [6.07, 6.45) is 4.43. The van der Waals surface area contributed by atoms with Gasteiger partial charge in [0.05, 0.1) is 7.05 Å². The second kappa shape index (κ2) is 8.11. The van der Waals surface area contributed by atoms with Crippen LogP contribution in [0.3, 0.4) is 0 Å². The van der Waals surface area contributed by atoms with Crippen LogP contribution >= 0.6 is 11.6 Å². The Balaban J connectivity index is 1.66. The van der Waals surface area contributed by atoms with Crippen molar-refractivity contribution in [3.8, 4) is 0 Å². The van der Waals surface area contributed by atoms with Gasteiger partial charge in [-0.2, -0.15) is 4.99 Å². The minimum atomic E-state index is -3.91. The van der Waals surface area contributed by atoms with Crippen molar-refractivity contribution >= 4 is 28.0 Å². The lowest BCUT2D eigenvalue weighted by Gasteiger charge is -2.23. The van der Waals surface area contributed by atoms with E-state index in [1.54, 1.807) is 13.1 Å². The van der Waals surface area contributed by atoms with Gasteiger partial charge in [-0.1, -0.05) is 23.7 Å². The summed E-state index contributed by atoms with van der Waals surface area (Å²) >= 11 is 6.16. The molecule has 0 radical (unpaired) electrons. The van der Waals surface area contributed by atoms with Crippen molar-refractivity contribution in [3.63, 3.8) is 0 Å². The standard InChI is InChI=1S/C22H25ClFN4O2S/c1-26-21-10-15-9-20(24)16(11-28(2)12-22(27-13-28)31(25,29)30)8-18(15)19(21)7-14-4-3-5-17(23)6-14/h3-6,8-9,12-13,19,21,26H,7,10-11H2,1-2H3,(H2,25,29,30)/q+1. The first-order valence-electron chi connectivity index (χ1n) is 9.97. The number of nitrogens with zero attached hydrogens (tertiary/aromatic N) is 2. The number of sulfonamides is 1. The minimum Gasteiger partial charge on any atom is -0.316 e. The van der Waals surface area contributed by atoms with Crippen LogP contribution in [-0.2, 0) is 29.4 Å². The summed E-state index contributed by atoms with van der Waals surface area (Å²) in [6, 6.07) is 11.5. The third kappa shape index (κ3) is 4.58. The van der Waals surface area contributed by atoms with Gasteiger partial charge in [0.25, 0.3) is 10.0 Å². The highest BCUT2D eigenvalue weighted by Crippen LogP contribution is 2.38. The van der Waals surface area contributed by atoms with Crippen LogP contribution in [0.4, 0.5) is 4.39 Å². The molecule has 2 aromatic carbocycles. The Labute approximate surface area is 186 Å². The fourth-order valence-electron chi connectivity index (χ4n) is 4.50. The molecular weight excluding hydrogens is 439 g/mol. The molecule has 6 nitrogen and oxygen atoms in total. The maximum Gasteiger partial charge on any atom is 0.261 e. The van der Waals surface area contributed by atoms with Gasteiger partial charge in [0.15, 0.2) is 6.34 Å². The second-order valence-corrected chi connectivity index (χ2v) is 10.4. The number of nitrogens with one attached hydrogen (secondary N) is 1. The monoisotopic (exact) mass is 463 g/mol. The molecule has 9 heteroatoms. The SMILES string of the molecule is CNC1Cc2cc(F)c(C[N+]3(C)C=NC(S(N)(=O)=O)=C3)cc2C1Cc1cccc(Cl)c1. The van der Waals surface area contributed by atoms with E-state index < -0.39 is 10.0 Å². The topological polar surface area (TPSA) is 84.5 Å². The highest BCUT2D eigenvalue weighted by molar-refractivity contribution is 7.93. The highest BCUT2D eigenvalue weighted by Gasteiger charge is 2.35. The number of primary sulfonamides is 1. The molecule has 31 heavy (non-hydrogen) atoms. The van der Waals surface area contributed by atoms with Crippen LogP contribution in [0.15, 0.2) is 52.6 Å². The molecule has 4 rings (SSSR count). The van der Waals surface area contributed by atoms with Crippen LogP contribution in [-0.4, -0.2) is 39.4 Å². The first-order chi connectivity index (χ1) is 14.6. The van der Waals surface area contributed by atoms with Gasteiger partial charge in [-0.25, -0.2) is 17.9 Å². The number of benzene rings is 2. The number of likely N-dealkylation sites (N-methyl/N-ethyl adjacent to an activating group) is 1. The Bertz CT molecular complexity index is 1200. The number of rotatable bonds is 6.